The molecule has 2 unspecified atom stereocenters. The van der Waals surface area contributed by atoms with E-state index in [-0.39, 0.29) is 44.3 Å². The van der Waals surface area contributed by atoms with E-state index in [1.807, 2.05) is 5.32 Å². The van der Waals surface area contributed by atoms with Crippen LogP contribution in [0.2, 0.25) is 0 Å². The summed E-state index contributed by atoms with van der Waals surface area (Å²) >= 11 is 0. The molecule has 1 heterocycles. The molecule has 336 valence electrons. The molecule has 0 aromatic carbocycles. The van der Waals surface area contributed by atoms with E-state index in [0.717, 1.165) is 6.92 Å². The standard InChI is InChI=1S/C36H62N8O15/c1-17(2)11-21(42-34(56)28(18(3)4)44-14-25(46)36(6,59)16-44)30(52)43-24(15-45)33(55)38-19(5)29(51)40-22(12-26(47)48)32(54)41-23(13-27(49)50)31(53)39-20(35(57)58)9-7-8-10-37/h17-25,28,45-46,59H,7-16,37H2,1-6H3,(H,38,55)(H,39,53)(H,40,51)(H,41,54)(H,42,56)(H,43,52)(H,47,48)(H,49,50)(H,57,58)/t19-,20-,21-,22-,23-,24-,25?,28-,36?/m0/s1. The van der Waals surface area contributed by atoms with Gasteiger partial charge in [0.05, 0.1) is 31.6 Å². The van der Waals surface area contributed by atoms with Crippen LogP contribution in [0.1, 0.15) is 80.1 Å². The summed E-state index contributed by atoms with van der Waals surface area (Å²) in [6, 6.07) is -10.6. The molecule has 23 heteroatoms. The lowest BCUT2D eigenvalue weighted by Gasteiger charge is -2.32. The number of nitrogens with zero attached hydrogens (tertiary/aromatic N) is 1. The van der Waals surface area contributed by atoms with Gasteiger partial charge in [-0.3, -0.25) is 43.3 Å². The Bertz CT molecular complexity index is 1510. The topological polar surface area (TPSA) is 376 Å². The summed E-state index contributed by atoms with van der Waals surface area (Å²) in [5.74, 6) is -11.3. The van der Waals surface area contributed by atoms with Crippen LogP contribution < -0.4 is 37.6 Å². The second-order valence-electron chi connectivity index (χ2n) is 15.7. The third-order valence-electron chi connectivity index (χ3n) is 9.43. The van der Waals surface area contributed by atoms with Crippen LogP contribution in [0.3, 0.4) is 0 Å². The number of unbranched alkanes of at least 4 members (excludes halogenated alkanes) is 1. The Labute approximate surface area is 341 Å². The van der Waals surface area contributed by atoms with E-state index >= 15 is 0 Å². The molecule has 23 nitrogen and oxygen atoms in total. The number of aliphatic hydroxyl groups is 3. The van der Waals surface area contributed by atoms with Gasteiger partial charge in [0, 0.05) is 13.1 Å². The molecule has 0 aromatic rings. The molecule has 0 aromatic heterocycles. The SMILES string of the molecule is CC(C)C[C@H](NC(=O)[C@H](C(C)C)N1CC(O)C(C)(O)C1)C(=O)N[C@@H](CO)C(=O)N[C@@H](C)C(=O)N[C@@H](CC(=O)O)C(=O)N[C@@H](CC(=O)O)C(=O)N[C@@H](CCCCN)C(=O)O. The van der Waals surface area contributed by atoms with E-state index < -0.39 is 127 Å². The number of aliphatic carboxylic acids is 3. The van der Waals surface area contributed by atoms with Crippen molar-refractivity contribution in [2.45, 2.75) is 134 Å². The van der Waals surface area contributed by atoms with E-state index in [4.69, 9.17) is 5.73 Å². The minimum absolute atomic E-state index is 0.00178. The lowest BCUT2D eigenvalue weighted by Crippen LogP contribution is -2.60. The lowest BCUT2D eigenvalue weighted by molar-refractivity contribution is -0.145. The highest BCUT2D eigenvalue weighted by atomic mass is 16.4. The van der Waals surface area contributed by atoms with Crippen molar-refractivity contribution in [3.05, 3.63) is 0 Å². The fourth-order valence-corrected chi connectivity index (χ4v) is 6.27. The molecule has 0 spiro atoms. The number of β-amino-alcohol motifs (C(OH)–C–C–N with tert-alkyl or cyclic N) is 2. The van der Waals surface area contributed by atoms with Crippen LogP contribution in [0, 0.1) is 11.8 Å². The average Bonchev–Trinajstić information content (AvgIpc) is 3.38. The molecule has 6 amide bonds. The molecule has 9 atom stereocenters. The highest BCUT2D eigenvalue weighted by Crippen LogP contribution is 2.26. The first kappa shape index (κ1) is 52.0. The number of nitrogens with one attached hydrogen (secondary N) is 6. The summed E-state index contributed by atoms with van der Waals surface area (Å²) in [5, 5.41) is 72.5. The molecule has 0 bridgehead atoms. The first-order valence-corrected chi connectivity index (χ1v) is 19.3. The van der Waals surface area contributed by atoms with Gasteiger partial charge in [0.25, 0.3) is 0 Å². The lowest BCUT2D eigenvalue weighted by atomic mass is 9.98. The van der Waals surface area contributed by atoms with Gasteiger partial charge in [-0.1, -0.05) is 27.7 Å². The van der Waals surface area contributed by atoms with Crippen LogP contribution in [-0.2, 0) is 43.2 Å². The summed E-state index contributed by atoms with van der Waals surface area (Å²) in [7, 11) is 0. The number of aliphatic hydroxyl groups excluding tert-OH is 2. The zero-order valence-corrected chi connectivity index (χ0v) is 34.2. The number of amides is 6. The Morgan fingerprint density at radius 2 is 1.14 bits per heavy atom. The highest BCUT2D eigenvalue weighted by molar-refractivity contribution is 5.98. The number of hydrogen-bond acceptors (Lipinski definition) is 14. The molecule has 0 saturated carbocycles. The number of nitrogens with two attached hydrogens (primary N) is 1. The number of likely N-dealkylation sites (tertiary alicyclic amines) is 1. The first-order valence-electron chi connectivity index (χ1n) is 19.3. The Hall–Kier alpha value is -4.97. The third kappa shape index (κ3) is 17.4. The first-order chi connectivity index (χ1) is 27.3. The Balaban J connectivity index is 3.09. The Morgan fingerprint density at radius 3 is 1.56 bits per heavy atom. The van der Waals surface area contributed by atoms with Crippen molar-refractivity contribution in [2.24, 2.45) is 17.6 Å². The summed E-state index contributed by atoms with van der Waals surface area (Å²) in [6.45, 7) is 8.87. The number of carbonyl (C=O) groups excluding carboxylic acids is 6. The number of hydrogen-bond donors (Lipinski definition) is 13. The van der Waals surface area contributed by atoms with Gasteiger partial charge in [-0.15, -0.1) is 0 Å². The molecule has 1 rings (SSSR count). The van der Waals surface area contributed by atoms with Crippen LogP contribution in [0.25, 0.3) is 0 Å². The molecule has 1 fully saturated rings. The molecule has 1 saturated heterocycles. The quantitative estimate of drug-likeness (QED) is 0.0365. The number of carbonyl (C=O) groups is 9. The van der Waals surface area contributed by atoms with E-state index in [2.05, 4.69) is 26.6 Å². The molecule has 0 aliphatic carbocycles. The maximum absolute atomic E-state index is 13.5. The molecule has 1 aliphatic heterocycles. The number of carboxylic acid groups (broad SMARTS) is 3. The van der Waals surface area contributed by atoms with Crippen molar-refractivity contribution in [3.63, 3.8) is 0 Å². The second kappa shape index (κ2) is 24.2. The zero-order chi connectivity index (χ0) is 45.4. The average molecular weight is 847 g/mol. The normalized spacial score (nSPS) is 20.2. The van der Waals surface area contributed by atoms with E-state index in [0.29, 0.717) is 12.8 Å². The summed E-state index contributed by atoms with van der Waals surface area (Å²) in [5.41, 5.74) is 3.94. The minimum Gasteiger partial charge on any atom is -0.481 e. The van der Waals surface area contributed by atoms with Crippen molar-refractivity contribution in [1.29, 1.82) is 0 Å². The smallest absolute Gasteiger partial charge is 0.326 e. The number of carboxylic acids is 3. The monoisotopic (exact) mass is 846 g/mol. The van der Waals surface area contributed by atoms with E-state index in [1.165, 1.54) is 6.92 Å². The van der Waals surface area contributed by atoms with Crippen LogP contribution in [0.4, 0.5) is 0 Å². The second-order valence-corrected chi connectivity index (χ2v) is 15.7. The maximum Gasteiger partial charge on any atom is 0.326 e. The van der Waals surface area contributed by atoms with E-state index in [1.54, 1.807) is 32.6 Å². The van der Waals surface area contributed by atoms with Crippen molar-refractivity contribution in [1.82, 2.24) is 36.8 Å². The van der Waals surface area contributed by atoms with Crippen LogP contribution >= 0.6 is 0 Å². The third-order valence-corrected chi connectivity index (χ3v) is 9.43. The van der Waals surface area contributed by atoms with Gasteiger partial charge in [-0.2, -0.15) is 0 Å². The van der Waals surface area contributed by atoms with Crippen molar-refractivity contribution in [2.75, 3.05) is 26.2 Å². The van der Waals surface area contributed by atoms with Gasteiger partial charge < -0.3 is 68.3 Å². The fourth-order valence-electron chi connectivity index (χ4n) is 6.27. The fraction of sp³-hybridized carbons (Fsp3) is 0.750. The highest BCUT2D eigenvalue weighted by Gasteiger charge is 2.46. The predicted octanol–water partition coefficient (Wildman–Crippen LogP) is -4.43. The molecule has 14 N–H and O–H groups in total. The molecule has 59 heavy (non-hydrogen) atoms. The van der Waals surface area contributed by atoms with Crippen molar-refractivity contribution < 1.29 is 73.8 Å². The van der Waals surface area contributed by atoms with Gasteiger partial charge in [0.15, 0.2) is 0 Å². The van der Waals surface area contributed by atoms with Gasteiger partial charge in [-0.05, 0) is 57.9 Å². The molecule has 0 radical (unpaired) electrons. The maximum atomic E-state index is 13.5. The van der Waals surface area contributed by atoms with Crippen LogP contribution in [0.5, 0.6) is 0 Å². The minimum atomic E-state index is -1.94. The van der Waals surface area contributed by atoms with Crippen LogP contribution in [0.15, 0.2) is 0 Å². The van der Waals surface area contributed by atoms with Crippen LogP contribution in [-0.4, -0.2) is 169 Å². The van der Waals surface area contributed by atoms with Gasteiger partial charge >= 0.3 is 17.9 Å². The Morgan fingerprint density at radius 1 is 0.678 bits per heavy atom. The molecular formula is C36H62N8O15. The zero-order valence-electron chi connectivity index (χ0n) is 34.2. The van der Waals surface area contributed by atoms with Gasteiger partial charge in [0.1, 0.15) is 41.9 Å². The Kier molecular flexibility index (Phi) is 21.3. The van der Waals surface area contributed by atoms with Crippen molar-refractivity contribution in [3.8, 4) is 0 Å². The predicted molar refractivity (Wildman–Crippen MR) is 206 cm³/mol. The summed E-state index contributed by atoms with van der Waals surface area (Å²) < 4.78 is 0. The van der Waals surface area contributed by atoms with Gasteiger partial charge in [-0.25, -0.2) is 4.79 Å². The largest absolute Gasteiger partial charge is 0.481 e. The summed E-state index contributed by atoms with van der Waals surface area (Å²) in [4.78, 5) is 116. The summed E-state index contributed by atoms with van der Waals surface area (Å²) in [6.07, 6.45) is -2.50. The number of rotatable bonds is 26. The molecular weight excluding hydrogens is 784 g/mol. The van der Waals surface area contributed by atoms with E-state index in [9.17, 15) is 73.8 Å². The van der Waals surface area contributed by atoms with Crippen molar-refractivity contribution >= 4 is 53.4 Å². The van der Waals surface area contributed by atoms with Gasteiger partial charge in [0.2, 0.25) is 35.4 Å². The molecule has 1 aliphatic rings.